The molecule has 0 aliphatic carbocycles. The van der Waals surface area contributed by atoms with Crippen molar-refractivity contribution in [1.29, 1.82) is 0 Å². The number of aromatic nitrogens is 1. The Hall–Kier alpha value is -1.21. The molecule has 2 atom stereocenters. The Bertz CT molecular complexity index is 858. The molecule has 1 saturated heterocycles. The molecule has 0 bridgehead atoms. The lowest BCUT2D eigenvalue weighted by molar-refractivity contribution is 0.401. The molecule has 0 radical (unpaired) electrons. The van der Waals surface area contributed by atoms with Crippen LogP contribution in [0.1, 0.15) is 24.0 Å². The molecule has 2 aromatic rings. The van der Waals surface area contributed by atoms with Gasteiger partial charge in [-0.15, -0.1) is 0 Å². The van der Waals surface area contributed by atoms with Crippen molar-refractivity contribution in [3.05, 3.63) is 63.6 Å². The van der Waals surface area contributed by atoms with E-state index in [2.05, 4.69) is 9.71 Å². The second-order valence-electron chi connectivity index (χ2n) is 5.68. The Kier molecular flexibility index (Phi) is 4.13. The Morgan fingerprint density at radius 2 is 2.04 bits per heavy atom. The van der Waals surface area contributed by atoms with Crippen molar-refractivity contribution in [2.24, 2.45) is 0 Å². The first-order valence-electron chi connectivity index (χ1n) is 6.80. The van der Waals surface area contributed by atoms with E-state index < -0.39 is 27.3 Å². The van der Waals surface area contributed by atoms with Gasteiger partial charge in [0.1, 0.15) is 11.0 Å². The zero-order valence-corrected chi connectivity index (χ0v) is 14.4. The molecular weight excluding hydrogens is 362 g/mol. The molecule has 2 unspecified atom stereocenters. The van der Waals surface area contributed by atoms with Gasteiger partial charge < -0.3 is 0 Å². The second-order valence-corrected chi connectivity index (χ2v) is 8.24. The van der Waals surface area contributed by atoms with Crippen LogP contribution in [0, 0.1) is 5.82 Å². The molecule has 0 amide bonds. The van der Waals surface area contributed by atoms with Gasteiger partial charge in [-0.1, -0.05) is 35.3 Å². The number of halogens is 3. The fraction of sp³-hybridized carbons (Fsp3) is 0.267. The third kappa shape index (κ3) is 3.08. The summed E-state index contributed by atoms with van der Waals surface area (Å²) in [6, 6.07) is 7.64. The van der Waals surface area contributed by atoms with Gasteiger partial charge in [-0.05, 0) is 36.2 Å². The Balaban J connectivity index is 2.12. The standard InChI is InChI=1S/C15H13Cl2FN2O2S/c1-15(10-3-5-14(17)19-7-10)11(8-23(21,22)20-15)9-2-4-12(16)13(18)6-9/h2-7,11,20H,8H2,1H3. The molecule has 1 aromatic heterocycles. The molecule has 1 fully saturated rings. The highest BCUT2D eigenvalue weighted by Crippen LogP contribution is 2.43. The number of rotatable bonds is 2. The van der Waals surface area contributed by atoms with Gasteiger partial charge in [0.2, 0.25) is 10.0 Å². The molecule has 1 N–H and O–H groups in total. The number of hydrogen-bond acceptors (Lipinski definition) is 3. The lowest BCUT2D eigenvalue weighted by atomic mass is 9.78. The van der Waals surface area contributed by atoms with E-state index in [1.807, 2.05) is 0 Å². The summed E-state index contributed by atoms with van der Waals surface area (Å²) in [4.78, 5) is 4.01. The number of nitrogens with one attached hydrogen (secondary N) is 1. The molecule has 1 aliphatic heterocycles. The van der Waals surface area contributed by atoms with Crippen LogP contribution < -0.4 is 4.72 Å². The molecule has 4 nitrogen and oxygen atoms in total. The van der Waals surface area contributed by atoms with Gasteiger partial charge >= 0.3 is 0 Å². The molecule has 1 aromatic carbocycles. The Labute approximate surface area is 143 Å². The van der Waals surface area contributed by atoms with Crippen LogP contribution in [0.25, 0.3) is 0 Å². The predicted octanol–water partition coefficient (Wildman–Crippen LogP) is 3.46. The summed E-state index contributed by atoms with van der Waals surface area (Å²) < 4.78 is 40.7. The van der Waals surface area contributed by atoms with E-state index in [-0.39, 0.29) is 10.8 Å². The highest BCUT2D eigenvalue weighted by molar-refractivity contribution is 7.89. The normalized spacial score (nSPS) is 26.3. The van der Waals surface area contributed by atoms with Crippen LogP contribution in [-0.4, -0.2) is 19.2 Å². The summed E-state index contributed by atoms with van der Waals surface area (Å²) in [5, 5.41) is 0.310. The average molecular weight is 375 g/mol. The zero-order valence-electron chi connectivity index (χ0n) is 12.1. The van der Waals surface area contributed by atoms with E-state index in [1.54, 1.807) is 25.1 Å². The van der Waals surface area contributed by atoms with E-state index in [1.165, 1.54) is 18.3 Å². The number of sulfonamides is 1. The van der Waals surface area contributed by atoms with Gasteiger partial charge in [-0.3, -0.25) is 0 Å². The van der Waals surface area contributed by atoms with Gasteiger partial charge in [0.15, 0.2) is 0 Å². The van der Waals surface area contributed by atoms with Crippen molar-refractivity contribution in [2.75, 3.05) is 5.75 Å². The van der Waals surface area contributed by atoms with Gasteiger partial charge in [-0.25, -0.2) is 22.5 Å². The first kappa shape index (κ1) is 16.6. The molecule has 1 aliphatic rings. The van der Waals surface area contributed by atoms with Crippen molar-refractivity contribution >= 4 is 33.2 Å². The number of hydrogen-bond donors (Lipinski definition) is 1. The summed E-state index contributed by atoms with van der Waals surface area (Å²) in [6.07, 6.45) is 1.52. The maximum Gasteiger partial charge on any atom is 0.213 e. The molecule has 0 saturated carbocycles. The van der Waals surface area contributed by atoms with Crippen LogP contribution in [0.5, 0.6) is 0 Å². The smallest absolute Gasteiger partial charge is 0.213 e. The highest BCUT2D eigenvalue weighted by Gasteiger charge is 2.48. The molecule has 3 rings (SSSR count). The maximum atomic E-state index is 13.8. The fourth-order valence-electron chi connectivity index (χ4n) is 2.92. The molecule has 122 valence electrons. The van der Waals surface area contributed by atoms with Crippen LogP contribution in [0.4, 0.5) is 4.39 Å². The first-order valence-corrected chi connectivity index (χ1v) is 9.21. The number of nitrogens with zero attached hydrogens (tertiary/aromatic N) is 1. The van der Waals surface area contributed by atoms with E-state index in [0.717, 1.165) is 0 Å². The van der Waals surface area contributed by atoms with Crippen LogP contribution in [0.3, 0.4) is 0 Å². The highest BCUT2D eigenvalue weighted by atomic mass is 35.5. The topological polar surface area (TPSA) is 59.1 Å². The van der Waals surface area contributed by atoms with Crippen molar-refractivity contribution in [3.63, 3.8) is 0 Å². The van der Waals surface area contributed by atoms with Crippen LogP contribution in [0.15, 0.2) is 36.5 Å². The Morgan fingerprint density at radius 1 is 1.30 bits per heavy atom. The maximum absolute atomic E-state index is 13.8. The fourth-order valence-corrected chi connectivity index (χ4v) is 5.11. The summed E-state index contributed by atoms with van der Waals surface area (Å²) in [7, 11) is -3.50. The van der Waals surface area contributed by atoms with Gasteiger partial charge in [0.25, 0.3) is 0 Å². The van der Waals surface area contributed by atoms with E-state index >= 15 is 0 Å². The SMILES string of the molecule is CC1(c2ccc(Cl)nc2)NS(=O)(=O)CC1c1ccc(Cl)c(F)c1. The minimum atomic E-state index is -3.50. The van der Waals surface area contributed by atoms with E-state index in [9.17, 15) is 12.8 Å². The summed E-state index contributed by atoms with van der Waals surface area (Å²) in [5.74, 6) is -1.21. The van der Waals surface area contributed by atoms with E-state index in [0.29, 0.717) is 16.3 Å². The minimum absolute atomic E-state index is 0.00238. The second kappa shape index (κ2) is 5.70. The summed E-state index contributed by atoms with van der Waals surface area (Å²) in [5.41, 5.74) is 0.262. The summed E-state index contributed by atoms with van der Waals surface area (Å²) in [6.45, 7) is 1.75. The molecular formula is C15H13Cl2FN2O2S. The first-order chi connectivity index (χ1) is 10.7. The third-order valence-corrected chi connectivity index (χ3v) is 6.16. The van der Waals surface area contributed by atoms with Gasteiger partial charge in [0, 0.05) is 12.1 Å². The Morgan fingerprint density at radius 3 is 2.65 bits per heavy atom. The van der Waals surface area contributed by atoms with Gasteiger partial charge in [0.05, 0.1) is 16.3 Å². The van der Waals surface area contributed by atoms with Crippen molar-refractivity contribution in [3.8, 4) is 0 Å². The molecule has 23 heavy (non-hydrogen) atoms. The lowest BCUT2D eigenvalue weighted by Crippen LogP contribution is -2.39. The van der Waals surface area contributed by atoms with E-state index in [4.69, 9.17) is 23.2 Å². The lowest BCUT2D eigenvalue weighted by Gasteiger charge is -2.30. The van der Waals surface area contributed by atoms with Crippen LogP contribution >= 0.6 is 23.2 Å². The van der Waals surface area contributed by atoms with Crippen LogP contribution in [0.2, 0.25) is 10.2 Å². The van der Waals surface area contributed by atoms with Crippen molar-refractivity contribution < 1.29 is 12.8 Å². The molecule has 0 spiro atoms. The number of pyridine rings is 1. The summed E-state index contributed by atoms with van der Waals surface area (Å²) >= 11 is 11.5. The number of benzene rings is 1. The van der Waals surface area contributed by atoms with Crippen LogP contribution in [-0.2, 0) is 15.6 Å². The predicted molar refractivity (Wildman–Crippen MR) is 87.7 cm³/mol. The average Bonchev–Trinajstić information content (AvgIpc) is 2.73. The minimum Gasteiger partial charge on any atom is -0.244 e. The van der Waals surface area contributed by atoms with Gasteiger partial charge in [-0.2, -0.15) is 0 Å². The quantitative estimate of drug-likeness (QED) is 0.818. The van der Waals surface area contributed by atoms with Crippen molar-refractivity contribution in [2.45, 2.75) is 18.4 Å². The largest absolute Gasteiger partial charge is 0.244 e. The monoisotopic (exact) mass is 374 g/mol. The third-order valence-electron chi connectivity index (χ3n) is 4.12. The van der Waals surface area contributed by atoms with Crippen molar-refractivity contribution in [1.82, 2.24) is 9.71 Å². The molecule has 8 heteroatoms. The molecule has 2 heterocycles. The zero-order chi connectivity index (χ0) is 16.8.